The first-order valence-corrected chi connectivity index (χ1v) is 12.3. The fraction of sp³-hybridized carbons (Fsp3) is 0.250. The summed E-state index contributed by atoms with van der Waals surface area (Å²) >= 11 is 0. The van der Waals surface area contributed by atoms with Crippen LogP contribution in [0.1, 0.15) is 25.1 Å². The van der Waals surface area contributed by atoms with E-state index in [-0.39, 0.29) is 10.8 Å². The van der Waals surface area contributed by atoms with Crippen LogP contribution in [0, 0.1) is 12.7 Å². The number of hydrogen-bond acceptors (Lipinski definition) is 8. The van der Waals surface area contributed by atoms with Crippen molar-refractivity contribution in [1.29, 1.82) is 0 Å². The second kappa shape index (κ2) is 9.59. The molecule has 2 aromatic heterocycles. The van der Waals surface area contributed by atoms with Crippen molar-refractivity contribution in [1.82, 2.24) is 25.5 Å². The third-order valence-corrected chi connectivity index (χ3v) is 7.67. The summed E-state index contributed by atoms with van der Waals surface area (Å²) in [6.45, 7) is 5.80. The van der Waals surface area contributed by atoms with Crippen molar-refractivity contribution in [2.45, 2.75) is 37.5 Å². The third kappa shape index (κ3) is 4.71. The van der Waals surface area contributed by atoms with Gasteiger partial charge < -0.3 is 9.73 Å². The minimum Gasteiger partial charge on any atom is -0.415 e. The maximum Gasteiger partial charge on any atom is 0.268 e. The molecule has 0 aliphatic carbocycles. The smallest absolute Gasteiger partial charge is 0.268 e. The van der Waals surface area contributed by atoms with Crippen molar-refractivity contribution in [2.75, 3.05) is 7.05 Å². The number of hydrogen-bond donors (Lipinski definition) is 3. The van der Waals surface area contributed by atoms with E-state index in [9.17, 15) is 13.5 Å². The monoisotopic (exact) mass is 483 g/mol. The van der Waals surface area contributed by atoms with Gasteiger partial charge in [0.05, 0.1) is 22.5 Å². The van der Waals surface area contributed by atoms with Gasteiger partial charge in [-0.3, -0.25) is 14.1 Å². The molecule has 4 aromatic rings. The van der Waals surface area contributed by atoms with Crippen LogP contribution in [-0.2, 0) is 6.54 Å². The molecule has 0 saturated heterocycles. The van der Waals surface area contributed by atoms with E-state index >= 15 is 0 Å². The molecule has 0 spiro atoms. The highest BCUT2D eigenvalue weighted by atomic mass is 32.3. The van der Waals surface area contributed by atoms with Gasteiger partial charge in [0, 0.05) is 22.9 Å². The maximum absolute atomic E-state index is 14.8. The Bertz CT molecular complexity index is 1310. The molecule has 0 aliphatic heterocycles. The molecule has 0 fully saturated rings. The summed E-state index contributed by atoms with van der Waals surface area (Å²) in [7, 11) is -1.36. The molecule has 0 saturated carbocycles. The highest BCUT2D eigenvalue weighted by Crippen LogP contribution is 2.53. The van der Waals surface area contributed by atoms with Gasteiger partial charge in [0.2, 0.25) is 5.89 Å². The molecule has 0 radical (unpaired) electrons. The maximum atomic E-state index is 14.8. The van der Waals surface area contributed by atoms with Crippen LogP contribution in [0.4, 0.5) is 4.39 Å². The number of benzene rings is 2. The van der Waals surface area contributed by atoms with E-state index < -0.39 is 21.7 Å². The van der Waals surface area contributed by atoms with Crippen molar-refractivity contribution in [3.8, 4) is 34.3 Å². The van der Waals surface area contributed by atoms with Crippen molar-refractivity contribution in [3.05, 3.63) is 65.7 Å². The van der Waals surface area contributed by atoms with Crippen LogP contribution in [0.3, 0.4) is 0 Å². The first-order valence-electron chi connectivity index (χ1n) is 10.7. The zero-order chi connectivity index (χ0) is 24.5. The van der Waals surface area contributed by atoms with Crippen molar-refractivity contribution >= 4 is 10.6 Å². The van der Waals surface area contributed by atoms with Crippen molar-refractivity contribution in [2.24, 2.45) is 0 Å². The van der Waals surface area contributed by atoms with Crippen LogP contribution in [0.25, 0.3) is 34.3 Å². The lowest BCUT2D eigenvalue weighted by Crippen LogP contribution is -2.12. The number of nitrogens with zero attached hydrogens (tertiary/aromatic N) is 4. The summed E-state index contributed by atoms with van der Waals surface area (Å²) in [4.78, 5) is 8.82. The van der Waals surface area contributed by atoms with Gasteiger partial charge in [-0.15, -0.1) is 10.2 Å². The van der Waals surface area contributed by atoms with E-state index in [1.54, 1.807) is 26.8 Å². The number of aromatic nitrogens is 4. The van der Waals surface area contributed by atoms with E-state index in [0.29, 0.717) is 28.5 Å². The molecule has 0 aliphatic rings. The van der Waals surface area contributed by atoms with Crippen LogP contribution in [0.5, 0.6) is 0 Å². The Morgan fingerprint density at radius 1 is 1.03 bits per heavy atom. The Balaban J connectivity index is 1.65. The summed E-state index contributed by atoms with van der Waals surface area (Å²) in [5.41, 5.74) is 3.71. The van der Waals surface area contributed by atoms with Crippen molar-refractivity contribution < 1.29 is 17.9 Å². The summed E-state index contributed by atoms with van der Waals surface area (Å²) in [6.07, 6.45) is 1.52. The highest BCUT2D eigenvalue weighted by Gasteiger charge is 2.24. The Labute approximate surface area is 198 Å². The minimum atomic E-state index is -3.24. The van der Waals surface area contributed by atoms with Crippen LogP contribution < -0.4 is 5.32 Å². The molecule has 0 unspecified atom stereocenters. The second-order valence-electron chi connectivity index (χ2n) is 8.12. The molecular formula is C24H26FN5O3S. The van der Waals surface area contributed by atoms with Crippen molar-refractivity contribution in [3.63, 3.8) is 0 Å². The summed E-state index contributed by atoms with van der Waals surface area (Å²) in [5, 5.41) is 10.9. The van der Waals surface area contributed by atoms with Gasteiger partial charge in [-0.05, 0) is 57.6 Å². The molecule has 0 bridgehead atoms. The van der Waals surface area contributed by atoms with Gasteiger partial charge in [-0.25, -0.2) is 9.37 Å². The lowest BCUT2D eigenvalue weighted by Gasteiger charge is -2.36. The number of halogens is 1. The Hall–Kier alpha value is -3.18. The topological polar surface area (TPSA) is 117 Å². The Kier molecular flexibility index (Phi) is 6.76. The Morgan fingerprint density at radius 3 is 2.35 bits per heavy atom. The molecule has 178 valence electrons. The zero-order valence-corrected chi connectivity index (χ0v) is 20.1. The first-order chi connectivity index (χ1) is 16.2. The molecule has 2 aromatic carbocycles. The van der Waals surface area contributed by atoms with Gasteiger partial charge in [-0.2, -0.15) is 10.6 Å². The van der Waals surface area contributed by atoms with Crippen LogP contribution in [-0.4, -0.2) is 41.6 Å². The molecule has 8 nitrogen and oxygen atoms in total. The molecule has 34 heavy (non-hydrogen) atoms. The molecule has 0 amide bonds. The normalized spacial score (nSPS) is 12.4. The fourth-order valence-corrected chi connectivity index (χ4v) is 4.48. The largest absolute Gasteiger partial charge is 0.415 e. The number of rotatable bonds is 7. The van der Waals surface area contributed by atoms with E-state index in [0.717, 1.165) is 17.7 Å². The highest BCUT2D eigenvalue weighted by molar-refractivity contribution is 8.24. The van der Waals surface area contributed by atoms with Gasteiger partial charge in [0.25, 0.3) is 5.89 Å². The zero-order valence-electron chi connectivity index (χ0n) is 19.3. The van der Waals surface area contributed by atoms with E-state index in [4.69, 9.17) is 4.42 Å². The Morgan fingerprint density at radius 2 is 1.71 bits per heavy atom. The van der Waals surface area contributed by atoms with Crippen LogP contribution >= 0.6 is 10.6 Å². The molecule has 10 heteroatoms. The average molecular weight is 484 g/mol. The summed E-state index contributed by atoms with van der Waals surface area (Å²) in [5.74, 6) is -0.156. The predicted molar refractivity (Wildman–Crippen MR) is 130 cm³/mol. The quantitative estimate of drug-likeness (QED) is 0.313. The van der Waals surface area contributed by atoms with Gasteiger partial charge in [0.1, 0.15) is 11.5 Å². The lowest BCUT2D eigenvalue weighted by atomic mass is 10.1. The fourth-order valence-electron chi connectivity index (χ4n) is 3.35. The number of aryl methyl sites for hydroxylation is 1. The average Bonchev–Trinajstić information content (AvgIpc) is 3.30. The SMILES string of the molecule is CNCc1ccc(-c2nnc(-c3nc(-c4ccc(S(O)(O)C(C)C)c(F)c4)cnc3C)o2)cc1. The summed E-state index contributed by atoms with van der Waals surface area (Å²) < 4.78 is 41.3. The number of nitrogens with one attached hydrogen (secondary N) is 1. The van der Waals surface area contributed by atoms with E-state index in [1.165, 1.54) is 18.3 Å². The predicted octanol–water partition coefficient (Wildman–Crippen LogP) is 5.55. The molecule has 2 heterocycles. The van der Waals surface area contributed by atoms with Crippen LogP contribution in [0.15, 0.2) is 58.0 Å². The van der Waals surface area contributed by atoms with Gasteiger partial charge in [-0.1, -0.05) is 18.2 Å². The molecular weight excluding hydrogens is 457 g/mol. The molecule has 4 rings (SSSR count). The first kappa shape index (κ1) is 24.0. The standard InChI is InChI=1S/C24H26FN5O3S/c1-14(2)34(31,32)21-10-9-18(11-19(21)25)20-13-27-15(3)22(28-20)24-30-29-23(33-24)17-7-5-16(6-8-17)12-26-4/h5-11,13-14,26,31-32H,12H2,1-4H3. The summed E-state index contributed by atoms with van der Waals surface area (Å²) in [6, 6.07) is 12.0. The van der Waals surface area contributed by atoms with Gasteiger partial charge >= 0.3 is 0 Å². The second-order valence-corrected chi connectivity index (χ2v) is 10.7. The van der Waals surface area contributed by atoms with Crippen LogP contribution in [0.2, 0.25) is 0 Å². The molecule has 0 atom stereocenters. The third-order valence-electron chi connectivity index (χ3n) is 5.37. The van der Waals surface area contributed by atoms with Gasteiger partial charge in [0.15, 0.2) is 0 Å². The van der Waals surface area contributed by atoms with E-state index in [1.807, 2.05) is 31.3 Å². The van der Waals surface area contributed by atoms with E-state index in [2.05, 4.69) is 25.5 Å². The molecule has 3 N–H and O–H groups in total. The minimum absolute atomic E-state index is 0.117. The lowest BCUT2D eigenvalue weighted by molar-refractivity contribution is 0.466.